The quantitative estimate of drug-likeness (QED) is 0.335. The Hall–Kier alpha value is -3.50. The van der Waals surface area contributed by atoms with Crippen molar-refractivity contribution < 1.29 is 22.7 Å². The Morgan fingerprint density at radius 3 is 2.16 bits per heavy atom. The normalized spacial score (nSPS) is 11.5. The molecule has 0 saturated heterocycles. The predicted molar refractivity (Wildman–Crippen MR) is 153 cm³/mol. The van der Waals surface area contributed by atoms with E-state index < -0.39 is 28.0 Å². The highest BCUT2D eigenvalue weighted by atomic mass is 32.2. The van der Waals surface area contributed by atoms with Crippen LogP contribution >= 0.6 is 11.8 Å². The zero-order chi connectivity index (χ0) is 27.9. The first-order valence-electron chi connectivity index (χ1n) is 12.1. The lowest BCUT2D eigenvalue weighted by Gasteiger charge is -2.25. The van der Waals surface area contributed by atoms with E-state index >= 15 is 0 Å². The van der Waals surface area contributed by atoms with Crippen LogP contribution in [0.2, 0.25) is 0 Å². The summed E-state index contributed by atoms with van der Waals surface area (Å²) in [4.78, 5) is 27.0. The van der Waals surface area contributed by atoms with Crippen LogP contribution in [0.25, 0.3) is 0 Å². The van der Waals surface area contributed by atoms with E-state index in [4.69, 9.17) is 4.74 Å². The molecule has 0 heterocycles. The minimum atomic E-state index is -4.10. The fourth-order valence-electron chi connectivity index (χ4n) is 3.58. The summed E-state index contributed by atoms with van der Waals surface area (Å²) in [5, 5.41) is 5.59. The van der Waals surface area contributed by atoms with Gasteiger partial charge in [-0.1, -0.05) is 12.1 Å². The van der Waals surface area contributed by atoms with Crippen LogP contribution in [0.3, 0.4) is 0 Å². The molecule has 3 aromatic carbocycles. The standard InChI is InChI=1S/C28H33N3O5S2/c1-6-36-21-13-11-20(12-14-21)31(38(34,35)23-17-15-22(37-5)16-18-23)19-26(32)29-25-10-8-7-9-24(25)27(33)30-28(2,3)4/h7-18H,6,19H2,1-5H3,(H,29,32)(H,30,33). The van der Waals surface area contributed by atoms with Gasteiger partial charge in [0.1, 0.15) is 12.3 Å². The lowest BCUT2D eigenvalue weighted by atomic mass is 10.1. The average Bonchev–Trinajstić information content (AvgIpc) is 2.87. The maximum absolute atomic E-state index is 13.7. The second kappa shape index (κ2) is 12.4. The molecule has 3 aromatic rings. The topological polar surface area (TPSA) is 105 Å². The van der Waals surface area contributed by atoms with Crippen molar-refractivity contribution in [1.29, 1.82) is 0 Å². The van der Waals surface area contributed by atoms with Crippen molar-refractivity contribution in [3.05, 3.63) is 78.4 Å². The van der Waals surface area contributed by atoms with Crippen LogP contribution in [-0.4, -0.2) is 45.2 Å². The van der Waals surface area contributed by atoms with Gasteiger partial charge in [-0.2, -0.15) is 0 Å². The van der Waals surface area contributed by atoms with Crippen LogP contribution < -0.4 is 19.7 Å². The SMILES string of the molecule is CCOc1ccc(N(CC(=O)Nc2ccccc2C(=O)NC(C)(C)C)S(=O)(=O)c2ccc(SC)cc2)cc1. The Kier molecular flexibility index (Phi) is 9.45. The highest BCUT2D eigenvalue weighted by Crippen LogP contribution is 2.27. The van der Waals surface area contributed by atoms with Crippen molar-refractivity contribution in [1.82, 2.24) is 5.32 Å². The molecular weight excluding hydrogens is 522 g/mol. The van der Waals surface area contributed by atoms with Gasteiger partial charge in [-0.15, -0.1) is 11.8 Å². The molecule has 0 bridgehead atoms. The number of rotatable bonds is 10. The number of nitrogens with one attached hydrogen (secondary N) is 2. The van der Waals surface area contributed by atoms with Gasteiger partial charge in [0, 0.05) is 10.4 Å². The molecule has 0 aliphatic carbocycles. The molecule has 0 aromatic heterocycles. The summed E-state index contributed by atoms with van der Waals surface area (Å²) in [6.45, 7) is 7.39. The van der Waals surface area contributed by atoms with E-state index in [0.717, 1.165) is 9.20 Å². The van der Waals surface area contributed by atoms with E-state index in [1.807, 2.05) is 34.0 Å². The van der Waals surface area contributed by atoms with E-state index in [-0.39, 0.29) is 22.1 Å². The van der Waals surface area contributed by atoms with Gasteiger partial charge < -0.3 is 15.4 Å². The summed E-state index contributed by atoms with van der Waals surface area (Å²) in [7, 11) is -4.10. The number of amides is 2. The van der Waals surface area contributed by atoms with Crippen molar-refractivity contribution in [2.75, 3.05) is 29.0 Å². The first-order valence-corrected chi connectivity index (χ1v) is 14.7. The molecule has 3 rings (SSSR count). The summed E-state index contributed by atoms with van der Waals surface area (Å²) < 4.78 is 33.9. The first-order chi connectivity index (χ1) is 17.9. The second-order valence-electron chi connectivity index (χ2n) is 9.41. The Labute approximate surface area is 228 Å². The molecular formula is C28H33N3O5S2. The maximum Gasteiger partial charge on any atom is 0.264 e. The van der Waals surface area contributed by atoms with Gasteiger partial charge >= 0.3 is 0 Å². The number of sulfonamides is 1. The molecule has 202 valence electrons. The third-order valence-corrected chi connectivity index (χ3v) is 7.84. The van der Waals surface area contributed by atoms with Crippen molar-refractivity contribution in [3.8, 4) is 5.75 Å². The number of ether oxygens (including phenoxy) is 1. The molecule has 0 saturated carbocycles. The fraction of sp³-hybridized carbons (Fsp3) is 0.286. The molecule has 38 heavy (non-hydrogen) atoms. The zero-order valence-corrected chi connectivity index (χ0v) is 23.8. The number of anilines is 2. The Morgan fingerprint density at radius 1 is 0.947 bits per heavy atom. The molecule has 0 unspecified atom stereocenters. The molecule has 2 N–H and O–H groups in total. The third kappa shape index (κ3) is 7.52. The smallest absolute Gasteiger partial charge is 0.264 e. The molecule has 0 spiro atoms. The average molecular weight is 556 g/mol. The lowest BCUT2D eigenvalue weighted by molar-refractivity contribution is -0.114. The summed E-state index contributed by atoms with van der Waals surface area (Å²) >= 11 is 1.50. The molecule has 0 atom stereocenters. The van der Waals surface area contributed by atoms with E-state index in [0.29, 0.717) is 18.0 Å². The number of hydrogen-bond acceptors (Lipinski definition) is 6. The number of para-hydroxylation sites is 1. The van der Waals surface area contributed by atoms with Gasteiger partial charge in [0.05, 0.1) is 28.4 Å². The van der Waals surface area contributed by atoms with E-state index in [1.54, 1.807) is 60.7 Å². The van der Waals surface area contributed by atoms with Crippen molar-refractivity contribution in [3.63, 3.8) is 0 Å². The number of thioether (sulfide) groups is 1. The van der Waals surface area contributed by atoms with Crippen LogP contribution in [0.15, 0.2) is 82.6 Å². The number of carbonyl (C=O) groups excluding carboxylic acids is 2. The minimum Gasteiger partial charge on any atom is -0.494 e. The molecule has 10 heteroatoms. The largest absolute Gasteiger partial charge is 0.494 e. The predicted octanol–water partition coefficient (Wildman–Crippen LogP) is 5.17. The van der Waals surface area contributed by atoms with Crippen LogP contribution in [0.4, 0.5) is 11.4 Å². The minimum absolute atomic E-state index is 0.0574. The Morgan fingerprint density at radius 2 is 1.58 bits per heavy atom. The number of carbonyl (C=O) groups is 2. The van der Waals surface area contributed by atoms with E-state index in [2.05, 4.69) is 10.6 Å². The van der Waals surface area contributed by atoms with Gasteiger partial charge in [-0.05, 0) is 94.6 Å². The highest BCUT2D eigenvalue weighted by Gasteiger charge is 2.28. The highest BCUT2D eigenvalue weighted by molar-refractivity contribution is 7.98. The van der Waals surface area contributed by atoms with Gasteiger partial charge in [0.2, 0.25) is 5.91 Å². The maximum atomic E-state index is 13.7. The van der Waals surface area contributed by atoms with Crippen molar-refractivity contribution >= 4 is 45.0 Å². The van der Waals surface area contributed by atoms with Gasteiger partial charge in [0.25, 0.3) is 15.9 Å². The zero-order valence-electron chi connectivity index (χ0n) is 22.1. The van der Waals surface area contributed by atoms with Crippen molar-refractivity contribution in [2.24, 2.45) is 0 Å². The molecule has 8 nitrogen and oxygen atoms in total. The first kappa shape index (κ1) is 29.1. The Bertz CT molecular complexity index is 1370. The lowest BCUT2D eigenvalue weighted by Crippen LogP contribution is -2.41. The second-order valence-corrected chi connectivity index (χ2v) is 12.2. The summed E-state index contributed by atoms with van der Waals surface area (Å²) in [5.74, 6) is -0.362. The molecule has 0 aliphatic heterocycles. The van der Waals surface area contributed by atoms with Gasteiger partial charge in [-0.25, -0.2) is 8.42 Å². The summed E-state index contributed by atoms with van der Waals surface area (Å²) in [6, 6.07) is 19.6. The molecule has 2 amide bonds. The van der Waals surface area contributed by atoms with Crippen LogP contribution in [0, 0.1) is 0 Å². The van der Waals surface area contributed by atoms with E-state index in [9.17, 15) is 18.0 Å². The molecule has 0 radical (unpaired) electrons. The van der Waals surface area contributed by atoms with Gasteiger partial charge in [0.15, 0.2) is 0 Å². The monoisotopic (exact) mass is 555 g/mol. The van der Waals surface area contributed by atoms with Crippen LogP contribution in [-0.2, 0) is 14.8 Å². The van der Waals surface area contributed by atoms with E-state index in [1.165, 1.54) is 23.9 Å². The van der Waals surface area contributed by atoms with Gasteiger partial charge in [-0.3, -0.25) is 13.9 Å². The number of hydrogen-bond donors (Lipinski definition) is 2. The summed E-state index contributed by atoms with van der Waals surface area (Å²) in [6.07, 6.45) is 1.90. The molecule has 0 aliphatic rings. The third-order valence-electron chi connectivity index (χ3n) is 5.30. The summed E-state index contributed by atoms with van der Waals surface area (Å²) in [5.41, 5.74) is 0.390. The van der Waals surface area contributed by atoms with Crippen LogP contribution in [0.5, 0.6) is 5.75 Å². The number of benzene rings is 3. The number of nitrogens with zero attached hydrogens (tertiary/aromatic N) is 1. The molecule has 0 fully saturated rings. The van der Waals surface area contributed by atoms with Crippen molar-refractivity contribution in [2.45, 2.75) is 43.0 Å². The van der Waals surface area contributed by atoms with Crippen LogP contribution in [0.1, 0.15) is 38.1 Å². The Balaban J connectivity index is 1.93. The fourth-order valence-corrected chi connectivity index (χ4v) is 5.41.